The maximum Gasteiger partial charge on any atom is 0.250 e. The largest absolute Gasteiger partial charge is 0.342 e. The van der Waals surface area contributed by atoms with Crippen LogP contribution in [0.5, 0.6) is 0 Å². The van der Waals surface area contributed by atoms with Gasteiger partial charge < -0.3 is 9.47 Å². The smallest absolute Gasteiger partial charge is 0.250 e. The number of carbonyl (C=O) groups excluding carboxylic acids is 1. The summed E-state index contributed by atoms with van der Waals surface area (Å²) in [7, 11) is 1.90. The van der Waals surface area contributed by atoms with Gasteiger partial charge in [0.15, 0.2) is 0 Å². The number of nitrogens with zero attached hydrogens (tertiary/aromatic N) is 2. The first kappa shape index (κ1) is 12.5. The molecule has 1 saturated carbocycles. The van der Waals surface area contributed by atoms with Crippen molar-refractivity contribution in [2.24, 2.45) is 17.8 Å². The summed E-state index contributed by atoms with van der Waals surface area (Å²) in [6.07, 6.45) is 3.56. The van der Waals surface area contributed by atoms with E-state index in [9.17, 15) is 9.59 Å². The molecule has 102 valence electrons. The number of pyridine rings is 1. The summed E-state index contributed by atoms with van der Waals surface area (Å²) < 4.78 is 1.78. The third kappa shape index (κ3) is 1.99. The molecular weight excluding hydrogens is 240 g/mol. The summed E-state index contributed by atoms with van der Waals surface area (Å²) >= 11 is 0. The second-order valence-corrected chi connectivity index (χ2v) is 6.01. The number of amides is 1. The zero-order valence-electron chi connectivity index (χ0n) is 11.5. The van der Waals surface area contributed by atoms with Gasteiger partial charge in [-0.2, -0.15) is 0 Å². The second kappa shape index (κ2) is 4.51. The van der Waals surface area contributed by atoms with E-state index in [4.69, 9.17) is 0 Å². The first-order valence-corrected chi connectivity index (χ1v) is 6.99. The van der Waals surface area contributed by atoms with Gasteiger partial charge in [0.25, 0.3) is 5.56 Å². The van der Waals surface area contributed by atoms with E-state index in [1.807, 2.05) is 24.2 Å². The Morgan fingerprint density at radius 2 is 2.11 bits per heavy atom. The van der Waals surface area contributed by atoms with Gasteiger partial charge in [-0.25, -0.2) is 0 Å². The van der Waals surface area contributed by atoms with Crippen LogP contribution in [-0.2, 0) is 11.3 Å². The van der Waals surface area contributed by atoms with Gasteiger partial charge in [0, 0.05) is 44.2 Å². The van der Waals surface area contributed by atoms with Crippen molar-refractivity contribution in [2.75, 3.05) is 7.05 Å². The van der Waals surface area contributed by atoms with Crippen molar-refractivity contribution in [1.29, 1.82) is 0 Å². The highest BCUT2D eigenvalue weighted by Crippen LogP contribution is 2.45. The average Bonchev–Trinajstić information content (AvgIpc) is 2.62. The molecule has 0 N–H and O–H groups in total. The van der Waals surface area contributed by atoms with Crippen LogP contribution in [0.3, 0.4) is 0 Å². The molecule has 0 aromatic carbocycles. The predicted octanol–water partition coefficient (Wildman–Crippen LogP) is 1.35. The molecule has 2 aliphatic rings. The topological polar surface area (TPSA) is 42.3 Å². The van der Waals surface area contributed by atoms with Crippen LogP contribution in [0.4, 0.5) is 0 Å². The predicted molar refractivity (Wildman–Crippen MR) is 72.6 cm³/mol. The molecule has 3 rings (SSSR count). The first-order valence-electron chi connectivity index (χ1n) is 6.99. The van der Waals surface area contributed by atoms with Gasteiger partial charge in [0.2, 0.25) is 5.91 Å². The van der Waals surface area contributed by atoms with Crippen LogP contribution in [-0.4, -0.2) is 28.5 Å². The molecule has 1 aromatic rings. The van der Waals surface area contributed by atoms with Crippen molar-refractivity contribution in [3.63, 3.8) is 0 Å². The Kier molecular flexibility index (Phi) is 2.96. The lowest BCUT2D eigenvalue weighted by atomic mass is 9.83. The molecule has 1 saturated heterocycles. The van der Waals surface area contributed by atoms with Gasteiger partial charge in [0.1, 0.15) is 0 Å². The van der Waals surface area contributed by atoms with Crippen LogP contribution >= 0.6 is 0 Å². The summed E-state index contributed by atoms with van der Waals surface area (Å²) in [6.45, 7) is 2.97. The molecule has 0 spiro atoms. The highest BCUT2D eigenvalue weighted by atomic mass is 16.2. The highest BCUT2D eigenvalue weighted by molar-refractivity contribution is 5.78. The van der Waals surface area contributed by atoms with E-state index in [0.717, 1.165) is 13.0 Å². The third-order valence-electron chi connectivity index (χ3n) is 5.00. The standard InChI is InChI=1S/C15H20N2O2/c1-10-7-13-12(11(10)8-15(19)16(13)2)9-17-6-4-3-5-14(17)18/h3-6,10-13H,7-9H2,1-2H3. The van der Waals surface area contributed by atoms with E-state index in [1.54, 1.807) is 16.7 Å². The molecule has 19 heavy (non-hydrogen) atoms. The lowest BCUT2D eigenvalue weighted by molar-refractivity contribution is -0.137. The van der Waals surface area contributed by atoms with Gasteiger partial charge in [-0.3, -0.25) is 9.59 Å². The summed E-state index contributed by atoms with van der Waals surface area (Å²) in [5, 5.41) is 0. The number of piperidine rings is 1. The molecule has 2 bridgehead atoms. The van der Waals surface area contributed by atoms with Crippen LogP contribution < -0.4 is 5.56 Å². The van der Waals surface area contributed by atoms with Gasteiger partial charge in [-0.15, -0.1) is 0 Å². The zero-order chi connectivity index (χ0) is 13.6. The number of aromatic nitrogens is 1. The Morgan fingerprint density at radius 3 is 2.84 bits per heavy atom. The molecule has 4 heteroatoms. The van der Waals surface area contributed by atoms with E-state index in [-0.39, 0.29) is 11.5 Å². The summed E-state index contributed by atoms with van der Waals surface area (Å²) in [6, 6.07) is 5.56. The Hall–Kier alpha value is -1.58. The van der Waals surface area contributed by atoms with Gasteiger partial charge in [-0.1, -0.05) is 13.0 Å². The fraction of sp³-hybridized carbons (Fsp3) is 0.600. The van der Waals surface area contributed by atoms with Crippen LogP contribution in [0, 0.1) is 17.8 Å². The van der Waals surface area contributed by atoms with E-state index >= 15 is 0 Å². The molecule has 1 aliphatic heterocycles. The van der Waals surface area contributed by atoms with Crippen molar-refractivity contribution >= 4 is 5.91 Å². The van der Waals surface area contributed by atoms with Crippen molar-refractivity contribution in [3.8, 4) is 0 Å². The number of likely N-dealkylation sites (tertiary alicyclic amines) is 1. The Bertz CT molecular complexity index is 551. The Morgan fingerprint density at radius 1 is 1.32 bits per heavy atom. The Balaban J connectivity index is 1.88. The lowest BCUT2D eigenvalue weighted by Crippen LogP contribution is -2.47. The molecule has 1 aromatic heterocycles. The third-order valence-corrected chi connectivity index (χ3v) is 5.00. The van der Waals surface area contributed by atoms with Crippen molar-refractivity contribution in [3.05, 3.63) is 34.7 Å². The maximum absolute atomic E-state index is 11.9. The van der Waals surface area contributed by atoms with Crippen LogP contribution in [0.1, 0.15) is 19.8 Å². The molecule has 4 unspecified atom stereocenters. The molecule has 0 radical (unpaired) electrons. The van der Waals surface area contributed by atoms with Crippen LogP contribution in [0.25, 0.3) is 0 Å². The van der Waals surface area contributed by atoms with E-state index < -0.39 is 0 Å². The first-order chi connectivity index (χ1) is 9.08. The molecular formula is C15H20N2O2. The molecule has 2 heterocycles. The number of fused-ring (bicyclic) bond motifs is 2. The summed E-state index contributed by atoms with van der Waals surface area (Å²) in [5.41, 5.74) is 0.0501. The van der Waals surface area contributed by atoms with Crippen LogP contribution in [0.2, 0.25) is 0 Å². The minimum absolute atomic E-state index is 0.0501. The summed E-state index contributed by atoms with van der Waals surface area (Å²) in [4.78, 5) is 25.7. The Labute approximate surface area is 113 Å². The fourth-order valence-electron chi connectivity index (χ4n) is 3.86. The minimum atomic E-state index is 0.0501. The van der Waals surface area contributed by atoms with Crippen molar-refractivity contribution in [2.45, 2.75) is 32.4 Å². The molecule has 1 amide bonds. The molecule has 4 nitrogen and oxygen atoms in total. The monoisotopic (exact) mass is 260 g/mol. The summed E-state index contributed by atoms with van der Waals surface area (Å²) in [5.74, 6) is 1.68. The second-order valence-electron chi connectivity index (χ2n) is 6.01. The number of carbonyl (C=O) groups is 1. The normalized spacial score (nSPS) is 33.8. The zero-order valence-corrected chi connectivity index (χ0v) is 11.5. The maximum atomic E-state index is 11.9. The molecule has 4 atom stereocenters. The van der Waals surface area contributed by atoms with E-state index in [0.29, 0.717) is 30.2 Å². The van der Waals surface area contributed by atoms with E-state index in [2.05, 4.69) is 6.92 Å². The van der Waals surface area contributed by atoms with E-state index in [1.165, 1.54) is 0 Å². The van der Waals surface area contributed by atoms with Crippen LogP contribution in [0.15, 0.2) is 29.2 Å². The minimum Gasteiger partial charge on any atom is -0.342 e. The van der Waals surface area contributed by atoms with Gasteiger partial charge in [-0.05, 0) is 24.3 Å². The van der Waals surface area contributed by atoms with Crippen molar-refractivity contribution in [1.82, 2.24) is 9.47 Å². The van der Waals surface area contributed by atoms with Gasteiger partial charge in [0.05, 0.1) is 0 Å². The van der Waals surface area contributed by atoms with Crippen molar-refractivity contribution < 1.29 is 4.79 Å². The quantitative estimate of drug-likeness (QED) is 0.805. The highest BCUT2D eigenvalue weighted by Gasteiger charge is 2.48. The number of rotatable bonds is 2. The fourth-order valence-corrected chi connectivity index (χ4v) is 3.86. The number of hydrogen-bond acceptors (Lipinski definition) is 2. The van der Waals surface area contributed by atoms with Gasteiger partial charge >= 0.3 is 0 Å². The SMILES string of the molecule is CC1CC2C(Cn3ccccc3=O)C1CC(=O)N2C. The molecule has 2 fully saturated rings. The number of hydrogen-bond donors (Lipinski definition) is 0. The lowest BCUT2D eigenvalue weighted by Gasteiger charge is -2.37. The molecule has 1 aliphatic carbocycles. The average molecular weight is 260 g/mol.